The Morgan fingerprint density at radius 1 is 1.30 bits per heavy atom. The van der Waals surface area contributed by atoms with Crippen molar-refractivity contribution in [3.8, 4) is 0 Å². The molecule has 0 aliphatic rings. The van der Waals surface area contributed by atoms with E-state index in [4.69, 9.17) is 0 Å². The molecule has 2 nitrogen and oxygen atoms in total. The Hall–Kier alpha value is -0.730. The van der Waals surface area contributed by atoms with Crippen LogP contribution in [-0.4, -0.2) is 36.8 Å². The average Bonchev–Trinajstić information content (AvgIpc) is 2.32. The minimum Gasteiger partial charge on any atom is -0.390 e. The number of aliphatic hydroxyl groups excluding tert-OH is 1. The third-order valence-electron chi connectivity index (χ3n) is 2.39. The van der Waals surface area contributed by atoms with Crippen LogP contribution in [0.3, 0.4) is 0 Å². The van der Waals surface area contributed by atoms with E-state index in [9.17, 15) is 27.1 Å². The van der Waals surface area contributed by atoms with Crippen molar-refractivity contribution in [3.63, 3.8) is 0 Å². The van der Waals surface area contributed by atoms with Crippen LogP contribution in [0.4, 0.5) is 22.0 Å². The van der Waals surface area contributed by atoms with Crippen LogP contribution < -0.4 is 0 Å². The van der Waals surface area contributed by atoms with Crippen LogP contribution in [0.1, 0.15) is 5.56 Å². The highest BCUT2D eigenvalue weighted by Crippen LogP contribution is 2.23. The number of hydrogen-bond acceptors (Lipinski definition) is 2. The molecule has 8 heteroatoms. The van der Waals surface area contributed by atoms with Crippen molar-refractivity contribution in [1.29, 1.82) is 0 Å². The smallest absolute Gasteiger partial charge is 0.330 e. The molecule has 0 bridgehead atoms. The van der Waals surface area contributed by atoms with Crippen LogP contribution in [-0.2, 0) is 11.2 Å². The Morgan fingerprint density at radius 2 is 1.95 bits per heavy atom. The van der Waals surface area contributed by atoms with Gasteiger partial charge in [0, 0.05) is 10.9 Å². The lowest BCUT2D eigenvalue weighted by atomic mass is 10.1. The number of benzene rings is 1. The maximum atomic E-state index is 12.8. The second-order valence-electron chi connectivity index (χ2n) is 4.17. The third-order valence-corrected chi connectivity index (χ3v) is 3.13. The fraction of sp³-hybridized carbons (Fsp3) is 0.500. The van der Waals surface area contributed by atoms with E-state index in [2.05, 4.69) is 20.7 Å². The van der Waals surface area contributed by atoms with Gasteiger partial charge >= 0.3 is 12.3 Å². The highest BCUT2D eigenvalue weighted by molar-refractivity contribution is 9.10. The van der Waals surface area contributed by atoms with Crippen molar-refractivity contribution in [1.82, 2.24) is 0 Å². The van der Waals surface area contributed by atoms with Gasteiger partial charge in [-0.05, 0) is 17.7 Å². The van der Waals surface area contributed by atoms with Gasteiger partial charge in [-0.3, -0.25) is 0 Å². The quantitative estimate of drug-likeness (QED) is 0.753. The third kappa shape index (κ3) is 5.34. The first-order chi connectivity index (χ1) is 9.22. The predicted molar refractivity (Wildman–Crippen MR) is 65.6 cm³/mol. The minimum absolute atomic E-state index is 0.0150. The molecule has 0 spiro atoms. The van der Waals surface area contributed by atoms with E-state index in [0.29, 0.717) is 10.0 Å². The number of aliphatic hydroxyl groups is 1. The molecule has 0 saturated carbocycles. The van der Waals surface area contributed by atoms with Crippen LogP contribution in [0.25, 0.3) is 0 Å². The molecule has 1 atom stereocenters. The lowest BCUT2D eigenvalue weighted by Crippen LogP contribution is -2.34. The summed E-state index contributed by atoms with van der Waals surface area (Å²) in [4.78, 5) is 0. The van der Waals surface area contributed by atoms with Gasteiger partial charge in [0.05, 0.1) is 12.7 Å². The molecule has 1 aromatic rings. The summed E-state index contributed by atoms with van der Waals surface area (Å²) in [5, 5.41) is 9.56. The lowest BCUT2D eigenvalue weighted by molar-refractivity contribution is -0.170. The van der Waals surface area contributed by atoms with Gasteiger partial charge in [0.25, 0.3) is 0 Å². The summed E-state index contributed by atoms with van der Waals surface area (Å²) in [6.45, 7) is -1.99. The summed E-state index contributed by atoms with van der Waals surface area (Å²) < 4.78 is 66.4. The van der Waals surface area contributed by atoms with E-state index in [1.165, 1.54) is 18.2 Å². The zero-order chi connectivity index (χ0) is 15.3. The van der Waals surface area contributed by atoms with Crippen LogP contribution in [0.5, 0.6) is 0 Å². The Labute approximate surface area is 120 Å². The summed E-state index contributed by atoms with van der Waals surface area (Å²) >= 11 is 3.08. The van der Waals surface area contributed by atoms with Crippen molar-refractivity contribution >= 4 is 15.9 Å². The van der Waals surface area contributed by atoms with Crippen molar-refractivity contribution in [3.05, 3.63) is 34.1 Å². The largest absolute Gasteiger partial charge is 0.390 e. The van der Waals surface area contributed by atoms with Crippen molar-refractivity contribution in [2.24, 2.45) is 0 Å². The van der Waals surface area contributed by atoms with Gasteiger partial charge in [-0.2, -0.15) is 8.78 Å². The van der Waals surface area contributed by atoms with Crippen LogP contribution in [0, 0.1) is 5.82 Å². The minimum atomic E-state index is -4.24. The molecular weight excluding hydrogens is 351 g/mol. The summed E-state index contributed by atoms with van der Waals surface area (Å²) in [7, 11) is 0. The number of alkyl halides is 4. The van der Waals surface area contributed by atoms with Crippen LogP contribution >= 0.6 is 15.9 Å². The average molecular weight is 363 g/mol. The first kappa shape index (κ1) is 17.3. The first-order valence-corrected chi connectivity index (χ1v) is 6.37. The van der Waals surface area contributed by atoms with Gasteiger partial charge < -0.3 is 9.84 Å². The molecule has 114 valence electrons. The maximum absolute atomic E-state index is 12.8. The van der Waals surface area contributed by atoms with Crippen LogP contribution in [0.15, 0.2) is 22.7 Å². The van der Waals surface area contributed by atoms with Gasteiger partial charge in [0.2, 0.25) is 0 Å². The molecule has 1 aromatic carbocycles. The first-order valence-electron chi connectivity index (χ1n) is 5.58. The van der Waals surface area contributed by atoms with Crippen molar-refractivity contribution < 1.29 is 31.8 Å². The van der Waals surface area contributed by atoms with E-state index < -0.39 is 37.5 Å². The molecule has 0 aliphatic heterocycles. The van der Waals surface area contributed by atoms with Crippen molar-refractivity contribution in [2.75, 3.05) is 13.2 Å². The topological polar surface area (TPSA) is 29.5 Å². The van der Waals surface area contributed by atoms with Crippen LogP contribution in [0.2, 0.25) is 0 Å². The van der Waals surface area contributed by atoms with E-state index in [1.54, 1.807) is 0 Å². The number of ether oxygens (including phenoxy) is 1. The molecular formula is C12H12BrF5O2. The standard InChI is InChI=1S/C12H12BrF5O2/c13-10-4-8(14)2-1-7(10)3-9(19)5-20-6-12(17,18)11(15)16/h1-2,4,9,11,19H,3,5-6H2. The van der Waals surface area contributed by atoms with Gasteiger partial charge in [0.15, 0.2) is 0 Å². The van der Waals surface area contributed by atoms with E-state index in [0.717, 1.165) is 0 Å². The van der Waals surface area contributed by atoms with E-state index in [1.807, 2.05) is 0 Å². The fourth-order valence-corrected chi connectivity index (χ4v) is 1.91. The lowest BCUT2D eigenvalue weighted by Gasteiger charge is -2.17. The molecule has 0 aliphatic carbocycles. The molecule has 0 amide bonds. The zero-order valence-corrected chi connectivity index (χ0v) is 11.7. The van der Waals surface area contributed by atoms with E-state index in [-0.39, 0.29) is 6.42 Å². The molecule has 0 radical (unpaired) electrons. The van der Waals surface area contributed by atoms with Gasteiger partial charge in [0.1, 0.15) is 12.4 Å². The van der Waals surface area contributed by atoms with Crippen molar-refractivity contribution in [2.45, 2.75) is 24.9 Å². The Kier molecular flexibility index (Phi) is 6.35. The second-order valence-corrected chi connectivity index (χ2v) is 5.02. The molecule has 0 heterocycles. The maximum Gasteiger partial charge on any atom is 0.330 e. The SMILES string of the molecule is OC(COCC(F)(F)C(F)F)Cc1ccc(F)cc1Br. The van der Waals surface area contributed by atoms with Gasteiger partial charge in [-0.25, -0.2) is 13.2 Å². The number of halogens is 6. The normalized spacial score (nSPS) is 13.8. The van der Waals surface area contributed by atoms with E-state index >= 15 is 0 Å². The fourth-order valence-electron chi connectivity index (χ4n) is 1.39. The summed E-state index contributed by atoms with van der Waals surface area (Å²) in [5.74, 6) is -4.71. The summed E-state index contributed by atoms with van der Waals surface area (Å²) in [5.41, 5.74) is 0.545. The van der Waals surface area contributed by atoms with Gasteiger partial charge in [-0.15, -0.1) is 0 Å². The summed E-state index contributed by atoms with van der Waals surface area (Å²) in [6.07, 6.45) is -4.96. The molecule has 1 rings (SSSR count). The Morgan fingerprint density at radius 3 is 2.50 bits per heavy atom. The molecule has 1 N–H and O–H groups in total. The predicted octanol–water partition coefficient (Wildman–Crippen LogP) is 3.41. The highest BCUT2D eigenvalue weighted by Gasteiger charge is 2.41. The molecule has 0 aromatic heterocycles. The van der Waals surface area contributed by atoms with Gasteiger partial charge in [-0.1, -0.05) is 22.0 Å². The second kappa shape index (κ2) is 7.33. The highest BCUT2D eigenvalue weighted by atomic mass is 79.9. The Bertz CT molecular complexity index is 442. The number of rotatable bonds is 7. The zero-order valence-electron chi connectivity index (χ0n) is 10.1. The summed E-state index contributed by atoms with van der Waals surface area (Å²) in [6, 6.07) is 3.78. The molecule has 0 fully saturated rings. The molecule has 0 saturated heterocycles. The molecule has 1 unspecified atom stereocenters. The number of hydrogen-bond donors (Lipinski definition) is 1. The monoisotopic (exact) mass is 362 g/mol. The Balaban J connectivity index is 2.42. The molecule has 20 heavy (non-hydrogen) atoms.